The van der Waals surface area contributed by atoms with Crippen LogP contribution in [-0.2, 0) is 6.54 Å². The van der Waals surface area contributed by atoms with Crippen LogP contribution in [0.25, 0.3) is 5.65 Å². The van der Waals surface area contributed by atoms with Crippen LogP contribution in [-0.4, -0.2) is 39.1 Å². The molecule has 0 radical (unpaired) electrons. The average Bonchev–Trinajstić information content (AvgIpc) is 3.17. The topological polar surface area (TPSA) is 50.0 Å². The number of imidazole rings is 1. The fraction of sp³-hybridized carbons (Fsp3) is 0.316. The van der Waals surface area contributed by atoms with E-state index in [2.05, 4.69) is 28.2 Å². The molecule has 4 rings (SSSR count). The average molecular weight is 323 g/mol. The van der Waals surface area contributed by atoms with Gasteiger partial charge in [-0.3, -0.25) is 4.90 Å². The van der Waals surface area contributed by atoms with Crippen molar-refractivity contribution in [3.63, 3.8) is 0 Å². The second kappa shape index (κ2) is 6.26. The highest BCUT2D eigenvalue weighted by Gasteiger charge is 2.32. The Hall–Kier alpha value is -2.37. The number of likely N-dealkylation sites (tertiary alicyclic amines) is 1. The largest absolute Gasteiger partial charge is 0.497 e. The maximum Gasteiger partial charge on any atom is 0.137 e. The Morgan fingerprint density at radius 1 is 1.25 bits per heavy atom. The van der Waals surface area contributed by atoms with Crippen molar-refractivity contribution in [3.05, 3.63) is 66.1 Å². The molecule has 0 unspecified atom stereocenters. The summed E-state index contributed by atoms with van der Waals surface area (Å²) in [6.07, 6.45) is 4.49. The SMILES string of the molecule is COc1cccc([C@@H]2C[C@H](O)CN2Cc2cn3ccccc3n2)c1. The number of nitrogens with zero attached hydrogens (tertiary/aromatic N) is 3. The fourth-order valence-corrected chi connectivity index (χ4v) is 3.52. The first-order chi connectivity index (χ1) is 11.7. The Bertz CT molecular complexity index is 812. The van der Waals surface area contributed by atoms with Crippen LogP contribution >= 0.6 is 0 Å². The van der Waals surface area contributed by atoms with Crippen molar-refractivity contribution in [2.45, 2.75) is 25.1 Å². The first-order valence-corrected chi connectivity index (χ1v) is 8.21. The third-order valence-electron chi connectivity index (χ3n) is 4.64. The van der Waals surface area contributed by atoms with Gasteiger partial charge in [-0.15, -0.1) is 0 Å². The van der Waals surface area contributed by atoms with Crippen LogP contribution < -0.4 is 4.74 Å². The molecule has 1 saturated heterocycles. The van der Waals surface area contributed by atoms with E-state index in [1.165, 1.54) is 5.56 Å². The maximum absolute atomic E-state index is 10.2. The van der Waals surface area contributed by atoms with E-state index in [1.54, 1.807) is 7.11 Å². The molecular weight excluding hydrogens is 302 g/mol. The number of β-amino-alcohol motifs (C(OH)–C–C–N with tert-alkyl or cyclic N) is 1. The van der Waals surface area contributed by atoms with Crippen LogP contribution in [0.5, 0.6) is 5.75 Å². The summed E-state index contributed by atoms with van der Waals surface area (Å²) >= 11 is 0. The van der Waals surface area contributed by atoms with Gasteiger partial charge in [0.2, 0.25) is 0 Å². The van der Waals surface area contributed by atoms with Crippen molar-refractivity contribution < 1.29 is 9.84 Å². The van der Waals surface area contributed by atoms with Crippen molar-refractivity contribution in [1.29, 1.82) is 0 Å². The molecule has 5 heteroatoms. The summed E-state index contributed by atoms with van der Waals surface area (Å²) in [5.41, 5.74) is 3.14. The summed E-state index contributed by atoms with van der Waals surface area (Å²) in [5, 5.41) is 10.2. The number of hydrogen-bond acceptors (Lipinski definition) is 4. The smallest absolute Gasteiger partial charge is 0.137 e. The Balaban J connectivity index is 1.60. The number of methoxy groups -OCH3 is 1. The van der Waals surface area contributed by atoms with Crippen LogP contribution in [0.4, 0.5) is 0 Å². The monoisotopic (exact) mass is 323 g/mol. The van der Waals surface area contributed by atoms with Crippen molar-refractivity contribution in [1.82, 2.24) is 14.3 Å². The first-order valence-electron chi connectivity index (χ1n) is 8.21. The van der Waals surface area contributed by atoms with Gasteiger partial charge >= 0.3 is 0 Å². The van der Waals surface area contributed by atoms with Gasteiger partial charge in [-0.2, -0.15) is 0 Å². The van der Waals surface area contributed by atoms with E-state index in [9.17, 15) is 5.11 Å². The molecule has 0 spiro atoms. The number of aromatic nitrogens is 2. The normalized spacial score (nSPS) is 21.4. The van der Waals surface area contributed by atoms with Gasteiger partial charge in [0.1, 0.15) is 11.4 Å². The quantitative estimate of drug-likeness (QED) is 0.802. The van der Waals surface area contributed by atoms with E-state index < -0.39 is 0 Å². The standard InChI is InChI=1S/C19H21N3O2/c1-24-17-6-4-5-14(9-17)18-10-16(23)13-22(18)12-15-11-21-8-3-2-7-19(21)20-15/h2-9,11,16,18,23H,10,12-13H2,1H3/t16-,18-/m0/s1. The number of aliphatic hydroxyl groups excluding tert-OH is 1. The van der Waals surface area contributed by atoms with Gasteiger partial charge in [0.15, 0.2) is 0 Å². The van der Waals surface area contributed by atoms with Gasteiger partial charge in [-0.1, -0.05) is 18.2 Å². The van der Waals surface area contributed by atoms with Crippen molar-refractivity contribution >= 4 is 5.65 Å². The number of hydrogen-bond donors (Lipinski definition) is 1. The summed E-state index contributed by atoms with van der Waals surface area (Å²) in [6, 6.07) is 14.3. The minimum absolute atomic E-state index is 0.180. The molecule has 0 saturated carbocycles. The number of fused-ring (bicyclic) bond motifs is 1. The third kappa shape index (κ3) is 2.88. The Morgan fingerprint density at radius 3 is 3.00 bits per heavy atom. The summed E-state index contributed by atoms with van der Waals surface area (Å²) in [6.45, 7) is 1.39. The van der Waals surface area contributed by atoms with E-state index in [4.69, 9.17) is 4.74 Å². The summed E-state index contributed by atoms with van der Waals surface area (Å²) in [4.78, 5) is 6.97. The molecule has 5 nitrogen and oxygen atoms in total. The fourth-order valence-electron chi connectivity index (χ4n) is 3.52. The Kier molecular flexibility index (Phi) is 3.96. The second-order valence-electron chi connectivity index (χ2n) is 6.31. The predicted molar refractivity (Wildman–Crippen MR) is 92.0 cm³/mol. The molecule has 0 bridgehead atoms. The number of ether oxygens (including phenoxy) is 1. The van der Waals surface area contributed by atoms with E-state index >= 15 is 0 Å². The Morgan fingerprint density at radius 2 is 2.17 bits per heavy atom. The number of aliphatic hydroxyl groups is 1. The lowest BCUT2D eigenvalue weighted by Crippen LogP contribution is -2.24. The van der Waals surface area contributed by atoms with Gasteiger partial charge in [-0.05, 0) is 36.2 Å². The second-order valence-corrected chi connectivity index (χ2v) is 6.31. The van der Waals surface area contributed by atoms with Gasteiger partial charge in [0.25, 0.3) is 0 Å². The molecule has 1 aromatic carbocycles. The van der Waals surface area contributed by atoms with Gasteiger partial charge in [0, 0.05) is 31.5 Å². The summed E-state index contributed by atoms with van der Waals surface area (Å²) in [5.74, 6) is 0.849. The van der Waals surface area contributed by atoms with Crippen molar-refractivity contribution in [2.24, 2.45) is 0 Å². The first kappa shape index (κ1) is 15.2. The summed E-state index contributed by atoms with van der Waals surface area (Å²) < 4.78 is 7.37. The number of benzene rings is 1. The number of rotatable bonds is 4. The molecule has 124 valence electrons. The molecule has 1 aliphatic heterocycles. The predicted octanol–water partition coefficient (Wildman–Crippen LogP) is 2.65. The molecule has 1 fully saturated rings. The lowest BCUT2D eigenvalue weighted by molar-refractivity contribution is 0.172. The minimum Gasteiger partial charge on any atom is -0.497 e. The molecule has 0 aliphatic carbocycles. The summed E-state index contributed by atoms with van der Waals surface area (Å²) in [7, 11) is 1.68. The molecule has 24 heavy (non-hydrogen) atoms. The van der Waals surface area contributed by atoms with E-state index in [0.29, 0.717) is 6.54 Å². The molecule has 1 N–H and O–H groups in total. The van der Waals surface area contributed by atoms with Gasteiger partial charge in [-0.25, -0.2) is 4.98 Å². The molecular formula is C19H21N3O2. The van der Waals surface area contributed by atoms with E-state index in [0.717, 1.165) is 30.1 Å². The molecule has 3 aromatic rings. The van der Waals surface area contributed by atoms with Gasteiger partial charge in [0.05, 0.1) is 18.9 Å². The van der Waals surface area contributed by atoms with Crippen LogP contribution in [0.3, 0.4) is 0 Å². The van der Waals surface area contributed by atoms with Crippen LogP contribution in [0, 0.1) is 0 Å². The molecule has 1 aliphatic rings. The molecule has 2 atom stereocenters. The zero-order valence-electron chi connectivity index (χ0n) is 13.7. The van der Waals surface area contributed by atoms with Gasteiger partial charge < -0.3 is 14.2 Å². The van der Waals surface area contributed by atoms with Crippen molar-refractivity contribution in [3.8, 4) is 5.75 Å². The third-order valence-corrected chi connectivity index (χ3v) is 4.64. The highest BCUT2D eigenvalue weighted by atomic mass is 16.5. The molecule has 3 heterocycles. The maximum atomic E-state index is 10.2. The van der Waals surface area contributed by atoms with Crippen LogP contribution in [0.2, 0.25) is 0 Å². The molecule has 0 amide bonds. The lowest BCUT2D eigenvalue weighted by Gasteiger charge is -2.23. The zero-order valence-corrected chi connectivity index (χ0v) is 13.7. The molecule has 2 aromatic heterocycles. The number of pyridine rings is 1. The van der Waals surface area contributed by atoms with Crippen LogP contribution in [0.15, 0.2) is 54.9 Å². The minimum atomic E-state index is -0.307. The highest BCUT2D eigenvalue weighted by molar-refractivity contribution is 5.39. The lowest BCUT2D eigenvalue weighted by atomic mass is 10.0. The Labute approximate surface area is 141 Å². The van der Waals surface area contributed by atoms with E-state index in [1.807, 2.05) is 40.9 Å². The van der Waals surface area contributed by atoms with Crippen molar-refractivity contribution in [2.75, 3.05) is 13.7 Å². The van der Waals surface area contributed by atoms with E-state index in [-0.39, 0.29) is 12.1 Å². The van der Waals surface area contributed by atoms with Crippen LogP contribution in [0.1, 0.15) is 23.7 Å². The zero-order chi connectivity index (χ0) is 16.5. The highest BCUT2D eigenvalue weighted by Crippen LogP contribution is 2.34.